The summed E-state index contributed by atoms with van der Waals surface area (Å²) >= 11 is 1.85. The SMILES string of the molecule is CCOP(=O)(OCC)C1SC12C(C)(C)CCCC2(C)C. The lowest BCUT2D eigenvalue weighted by atomic mass is 9.58. The molecule has 1 saturated carbocycles. The molecule has 118 valence electrons. The van der Waals surface area contributed by atoms with Crippen LogP contribution in [0, 0.1) is 10.8 Å². The lowest BCUT2D eigenvalue weighted by molar-refractivity contribution is 0.0720. The lowest BCUT2D eigenvalue weighted by Crippen LogP contribution is -2.49. The first kappa shape index (κ1) is 16.9. The van der Waals surface area contributed by atoms with Crippen LogP contribution in [0.5, 0.6) is 0 Å². The molecule has 1 unspecified atom stereocenters. The Morgan fingerprint density at radius 3 is 1.90 bits per heavy atom. The van der Waals surface area contributed by atoms with Crippen LogP contribution in [0.1, 0.15) is 60.8 Å². The van der Waals surface area contributed by atoms with Gasteiger partial charge in [-0.15, -0.1) is 11.8 Å². The Morgan fingerprint density at radius 1 is 1.05 bits per heavy atom. The molecular formula is C15H29O3PS. The predicted octanol–water partition coefficient (Wildman–Crippen LogP) is 5.30. The summed E-state index contributed by atoms with van der Waals surface area (Å²) in [5.41, 5.74) is 0.349. The van der Waals surface area contributed by atoms with Gasteiger partial charge in [0.2, 0.25) is 0 Å². The second-order valence-corrected chi connectivity index (χ2v) is 11.0. The fourth-order valence-corrected chi connectivity index (χ4v) is 9.95. The number of hydrogen-bond acceptors (Lipinski definition) is 4. The van der Waals surface area contributed by atoms with E-state index < -0.39 is 7.60 Å². The fourth-order valence-electron chi connectivity index (χ4n) is 4.21. The summed E-state index contributed by atoms with van der Waals surface area (Å²) in [5.74, 6) is 0. The van der Waals surface area contributed by atoms with Gasteiger partial charge >= 0.3 is 7.60 Å². The Hall–Kier alpha value is 0.500. The summed E-state index contributed by atoms with van der Waals surface area (Å²) in [7, 11) is -3.01. The van der Waals surface area contributed by atoms with Crippen LogP contribution in [-0.2, 0) is 13.6 Å². The Labute approximate surface area is 128 Å². The zero-order valence-corrected chi connectivity index (χ0v) is 15.4. The molecule has 1 saturated heterocycles. The molecule has 20 heavy (non-hydrogen) atoms. The average Bonchev–Trinajstić information content (AvgIpc) is 3.05. The summed E-state index contributed by atoms with van der Waals surface area (Å²) < 4.78 is 24.4. The van der Waals surface area contributed by atoms with E-state index in [4.69, 9.17) is 9.05 Å². The third kappa shape index (κ3) is 2.31. The standard InChI is InChI=1S/C15H29O3PS/c1-7-17-19(16,18-8-2)12-15(20-12)13(3,4)10-9-11-14(15,5)6/h12H,7-11H2,1-6H3. The average molecular weight is 320 g/mol. The normalized spacial score (nSPS) is 30.4. The molecule has 5 heteroatoms. The Morgan fingerprint density at radius 2 is 1.50 bits per heavy atom. The molecule has 1 aliphatic heterocycles. The van der Waals surface area contributed by atoms with Crippen LogP contribution in [0.25, 0.3) is 0 Å². The van der Waals surface area contributed by atoms with Gasteiger partial charge in [-0.2, -0.15) is 0 Å². The first-order valence-electron chi connectivity index (χ1n) is 7.73. The first-order valence-corrected chi connectivity index (χ1v) is 10.2. The monoisotopic (exact) mass is 320 g/mol. The van der Waals surface area contributed by atoms with Gasteiger partial charge < -0.3 is 9.05 Å². The van der Waals surface area contributed by atoms with Crippen molar-refractivity contribution in [2.75, 3.05) is 13.2 Å². The lowest BCUT2D eigenvalue weighted by Gasteiger charge is -2.50. The smallest absolute Gasteiger partial charge is 0.308 e. The maximum atomic E-state index is 13.2. The van der Waals surface area contributed by atoms with Crippen molar-refractivity contribution in [3.05, 3.63) is 0 Å². The van der Waals surface area contributed by atoms with Gasteiger partial charge in [0.25, 0.3) is 0 Å². The molecular weight excluding hydrogens is 291 g/mol. The highest BCUT2D eigenvalue weighted by atomic mass is 32.2. The second kappa shape index (κ2) is 5.30. The van der Waals surface area contributed by atoms with Crippen LogP contribution >= 0.6 is 19.4 Å². The van der Waals surface area contributed by atoms with Crippen molar-refractivity contribution in [3.63, 3.8) is 0 Å². The molecule has 2 fully saturated rings. The van der Waals surface area contributed by atoms with E-state index in [1.54, 1.807) is 0 Å². The van der Waals surface area contributed by atoms with E-state index in [1.807, 2.05) is 25.6 Å². The van der Waals surface area contributed by atoms with Crippen LogP contribution in [0.4, 0.5) is 0 Å². The Kier molecular flexibility index (Phi) is 4.47. The summed E-state index contributed by atoms with van der Waals surface area (Å²) in [6.45, 7) is 14.0. The number of thioether (sulfide) groups is 1. The van der Waals surface area contributed by atoms with Crippen molar-refractivity contribution < 1.29 is 13.6 Å². The van der Waals surface area contributed by atoms with Gasteiger partial charge in [0.15, 0.2) is 0 Å². The molecule has 3 nitrogen and oxygen atoms in total. The minimum Gasteiger partial charge on any atom is -0.308 e. The molecule has 0 aromatic carbocycles. The van der Waals surface area contributed by atoms with Gasteiger partial charge in [-0.25, -0.2) is 0 Å². The van der Waals surface area contributed by atoms with Crippen molar-refractivity contribution >= 4 is 19.4 Å². The van der Waals surface area contributed by atoms with Crippen molar-refractivity contribution in [1.29, 1.82) is 0 Å². The van der Waals surface area contributed by atoms with Crippen LogP contribution in [0.15, 0.2) is 0 Å². The van der Waals surface area contributed by atoms with Gasteiger partial charge in [-0.3, -0.25) is 4.57 Å². The molecule has 2 aliphatic rings. The summed E-state index contributed by atoms with van der Waals surface area (Å²) in [6.07, 6.45) is 3.64. The zero-order chi connectivity index (χ0) is 15.2. The minimum atomic E-state index is -3.01. The summed E-state index contributed by atoms with van der Waals surface area (Å²) in [4.78, 5) is 0.000185. The van der Waals surface area contributed by atoms with Gasteiger partial charge in [-0.05, 0) is 37.5 Å². The van der Waals surface area contributed by atoms with Gasteiger partial charge in [-0.1, -0.05) is 34.1 Å². The maximum absolute atomic E-state index is 13.2. The van der Waals surface area contributed by atoms with Gasteiger partial charge in [0, 0.05) is 0 Å². The Balaban J connectivity index is 2.35. The third-order valence-electron chi connectivity index (χ3n) is 5.11. The van der Waals surface area contributed by atoms with E-state index in [0.29, 0.717) is 13.2 Å². The largest absolute Gasteiger partial charge is 0.344 e. The van der Waals surface area contributed by atoms with Crippen LogP contribution in [0.3, 0.4) is 0 Å². The van der Waals surface area contributed by atoms with Crippen LogP contribution in [-0.4, -0.2) is 23.0 Å². The molecule has 0 aromatic rings. The maximum Gasteiger partial charge on any atom is 0.344 e. The summed E-state index contributed by atoms with van der Waals surface area (Å²) in [6, 6.07) is 0. The summed E-state index contributed by atoms with van der Waals surface area (Å²) in [5, 5.41) is 0. The number of rotatable bonds is 5. The zero-order valence-electron chi connectivity index (χ0n) is 13.7. The van der Waals surface area contributed by atoms with Crippen LogP contribution < -0.4 is 0 Å². The van der Waals surface area contributed by atoms with Crippen LogP contribution in [0.2, 0.25) is 0 Å². The van der Waals surface area contributed by atoms with Crippen molar-refractivity contribution in [2.24, 2.45) is 10.8 Å². The molecule has 1 heterocycles. The van der Waals surface area contributed by atoms with Crippen molar-refractivity contribution in [3.8, 4) is 0 Å². The molecule has 0 radical (unpaired) electrons. The minimum absolute atomic E-state index is 0.000185. The molecule has 2 rings (SSSR count). The highest BCUT2D eigenvalue weighted by molar-refractivity contribution is 8.15. The quantitative estimate of drug-likeness (QED) is 0.508. The molecule has 0 N–H and O–H groups in total. The van der Waals surface area contributed by atoms with E-state index in [-0.39, 0.29) is 20.6 Å². The molecule has 0 amide bonds. The van der Waals surface area contributed by atoms with E-state index in [0.717, 1.165) is 0 Å². The molecule has 0 aromatic heterocycles. The predicted molar refractivity (Wildman–Crippen MR) is 86.4 cm³/mol. The molecule has 1 spiro atoms. The highest BCUT2D eigenvalue weighted by Gasteiger charge is 2.77. The number of hydrogen-bond donors (Lipinski definition) is 0. The highest BCUT2D eigenvalue weighted by Crippen LogP contribution is 2.85. The topological polar surface area (TPSA) is 35.5 Å². The van der Waals surface area contributed by atoms with Crippen molar-refractivity contribution in [1.82, 2.24) is 0 Å². The Bertz CT molecular complexity index is 393. The molecule has 1 aliphatic carbocycles. The molecule has 1 atom stereocenters. The van der Waals surface area contributed by atoms with E-state index in [1.165, 1.54) is 19.3 Å². The van der Waals surface area contributed by atoms with E-state index in [9.17, 15) is 4.57 Å². The third-order valence-corrected chi connectivity index (χ3v) is 10.6. The van der Waals surface area contributed by atoms with Crippen molar-refractivity contribution in [2.45, 2.75) is 70.5 Å². The van der Waals surface area contributed by atoms with Gasteiger partial charge in [0.05, 0.1) is 18.0 Å². The fraction of sp³-hybridized carbons (Fsp3) is 1.00. The second-order valence-electron chi connectivity index (χ2n) is 7.20. The van der Waals surface area contributed by atoms with E-state index in [2.05, 4.69) is 27.7 Å². The first-order chi connectivity index (χ1) is 9.17. The van der Waals surface area contributed by atoms with Gasteiger partial charge in [0.1, 0.15) is 4.99 Å². The van der Waals surface area contributed by atoms with E-state index >= 15 is 0 Å². The molecule has 0 bridgehead atoms.